The predicted octanol–water partition coefficient (Wildman–Crippen LogP) is 2.56. The molecule has 0 saturated carbocycles. The lowest BCUT2D eigenvalue weighted by Crippen LogP contribution is -2.47. The van der Waals surface area contributed by atoms with Crippen molar-refractivity contribution >= 4 is 27.7 Å². The molecule has 5 rings (SSSR count). The molecule has 0 aliphatic carbocycles. The summed E-state index contributed by atoms with van der Waals surface area (Å²) >= 11 is 0. The molecule has 28 heavy (non-hydrogen) atoms. The van der Waals surface area contributed by atoms with Gasteiger partial charge in [-0.05, 0) is 30.7 Å². The average Bonchev–Trinajstić information content (AvgIpc) is 3.09. The van der Waals surface area contributed by atoms with Crippen molar-refractivity contribution in [2.75, 3.05) is 0 Å². The predicted molar refractivity (Wildman–Crippen MR) is 105 cm³/mol. The number of fused-ring (bicyclic) bond motifs is 3. The van der Waals surface area contributed by atoms with E-state index >= 15 is 0 Å². The molecule has 2 atom stereocenters. The van der Waals surface area contributed by atoms with E-state index in [0.717, 1.165) is 16.5 Å². The minimum Gasteiger partial charge on any atom is -0.506 e. The van der Waals surface area contributed by atoms with Crippen LogP contribution in [0.5, 0.6) is 5.75 Å². The van der Waals surface area contributed by atoms with Crippen LogP contribution in [0.15, 0.2) is 53.5 Å². The number of para-hydroxylation sites is 2. The van der Waals surface area contributed by atoms with Crippen molar-refractivity contribution in [2.45, 2.75) is 25.4 Å². The van der Waals surface area contributed by atoms with Crippen molar-refractivity contribution in [2.24, 2.45) is 0 Å². The van der Waals surface area contributed by atoms with Gasteiger partial charge in [-0.2, -0.15) is 0 Å². The van der Waals surface area contributed by atoms with Crippen LogP contribution >= 0.6 is 0 Å². The van der Waals surface area contributed by atoms with Crippen LogP contribution in [0.1, 0.15) is 30.4 Å². The second-order valence-corrected chi connectivity index (χ2v) is 7.13. The second-order valence-electron chi connectivity index (χ2n) is 7.13. The summed E-state index contributed by atoms with van der Waals surface area (Å²) in [5.41, 5.74) is 1.88. The number of carbonyl (C=O) groups excluding carboxylic acids is 1. The van der Waals surface area contributed by atoms with Crippen molar-refractivity contribution in [1.29, 1.82) is 0 Å². The molecule has 0 spiro atoms. The standard InChI is InChI=1S/C21H18N4O3/c1-11-19-24-18-14(6-4-8-17(18)26)21(28)25(19)16(20(27)23-11)9-12-10-22-15-7-3-2-5-13(12)15/h2-8,10-11,16,22,26H,9H2,1H3,(H,23,27)/t11-,16+/m0/s1. The van der Waals surface area contributed by atoms with Crippen LogP contribution in [0.25, 0.3) is 21.8 Å². The number of amides is 1. The molecule has 0 saturated heterocycles. The number of aromatic hydroxyl groups is 1. The second kappa shape index (κ2) is 5.95. The Hall–Kier alpha value is -3.61. The zero-order valence-corrected chi connectivity index (χ0v) is 15.1. The van der Waals surface area contributed by atoms with Crippen molar-refractivity contribution in [3.8, 4) is 5.75 Å². The average molecular weight is 374 g/mol. The third kappa shape index (κ3) is 2.32. The number of carbonyl (C=O) groups is 1. The van der Waals surface area contributed by atoms with E-state index in [2.05, 4.69) is 15.3 Å². The van der Waals surface area contributed by atoms with Crippen LogP contribution in [0.4, 0.5) is 0 Å². The van der Waals surface area contributed by atoms with Crippen LogP contribution in [0, 0.1) is 0 Å². The molecule has 2 aromatic heterocycles. The lowest BCUT2D eigenvalue weighted by Gasteiger charge is -2.31. The van der Waals surface area contributed by atoms with Gasteiger partial charge in [0.05, 0.1) is 11.4 Å². The van der Waals surface area contributed by atoms with E-state index in [4.69, 9.17) is 0 Å². The van der Waals surface area contributed by atoms with Crippen molar-refractivity contribution in [3.05, 3.63) is 70.4 Å². The summed E-state index contributed by atoms with van der Waals surface area (Å²) in [6.07, 6.45) is 2.24. The quantitative estimate of drug-likeness (QED) is 0.502. The van der Waals surface area contributed by atoms with E-state index in [1.165, 1.54) is 10.6 Å². The summed E-state index contributed by atoms with van der Waals surface area (Å²) in [4.78, 5) is 33.8. The van der Waals surface area contributed by atoms with Gasteiger partial charge in [0.15, 0.2) is 0 Å². The van der Waals surface area contributed by atoms with Gasteiger partial charge >= 0.3 is 0 Å². The van der Waals surface area contributed by atoms with Gasteiger partial charge in [0, 0.05) is 23.5 Å². The fraction of sp³-hybridized carbons (Fsp3) is 0.190. The number of H-pyrrole nitrogens is 1. The number of phenolic OH excluding ortho intramolecular Hbond substituents is 1. The zero-order chi connectivity index (χ0) is 19.4. The van der Waals surface area contributed by atoms with Crippen LogP contribution < -0.4 is 10.9 Å². The molecule has 1 amide bonds. The summed E-state index contributed by atoms with van der Waals surface area (Å²) in [5, 5.41) is 14.4. The van der Waals surface area contributed by atoms with E-state index in [1.54, 1.807) is 19.1 Å². The number of aromatic amines is 1. The smallest absolute Gasteiger partial charge is 0.262 e. The highest BCUT2D eigenvalue weighted by atomic mass is 16.3. The first-order chi connectivity index (χ1) is 13.5. The first-order valence-corrected chi connectivity index (χ1v) is 9.14. The molecule has 0 fully saturated rings. The van der Waals surface area contributed by atoms with Gasteiger partial charge < -0.3 is 15.4 Å². The molecule has 140 valence electrons. The molecule has 2 aromatic carbocycles. The van der Waals surface area contributed by atoms with Gasteiger partial charge in [-0.25, -0.2) is 4.98 Å². The third-order valence-corrected chi connectivity index (χ3v) is 5.39. The Balaban J connectivity index is 1.71. The molecular weight excluding hydrogens is 356 g/mol. The number of nitrogens with zero attached hydrogens (tertiary/aromatic N) is 2. The third-order valence-electron chi connectivity index (χ3n) is 5.39. The number of phenols is 1. The maximum absolute atomic E-state index is 13.2. The Labute approximate surface area is 159 Å². The van der Waals surface area contributed by atoms with Crippen LogP contribution in [-0.4, -0.2) is 25.5 Å². The molecule has 4 aromatic rings. The number of hydrogen-bond acceptors (Lipinski definition) is 4. The molecule has 0 radical (unpaired) electrons. The van der Waals surface area contributed by atoms with Gasteiger partial charge in [-0.1, -0.05) is 24.3 Å². The normalized spacial score (nSPS) is 19.0. The maximum atomic E-state index is 13.2. The highest BCUT2D eigenvalue weighted by molar-refractivity contribution is 5.88. The molecule has 1 aliphatic heterocycles. The van der Waals surface area contributed by atoms with Gasteiger partial charge in [0.1, 0.15) is 23.1 Å². The SMILES string of the molecule is C[C@@H]1NC(=O)[C@@H](Cc2c[nH]c3ccccc23)n2c1nc1c(O)cccc1c2=O. The van der Waals surface area contributed by atoms with Gasteiger partial charge in [-0.15, -0.1) is 0 Å². The molecule has 0 unspecified atom stereocenters. The topological polar surface area (TPSA) is 100 Å². The summed E-state index contributed by atoms with van der Waals surface area (Å²) in [7, 11) is 0. The largest absolute Gasteiger partial charge is 0.506 e. The Morgan fingerprint density at radius 1 is 1.11 bits per heavy atom. The summed E-state index contributed by atoms with van der Waals surface area (Å²) in [6, 6.07) is 11.4. The number of hydrogen-bond donors (Lipinski definition) is 3. The zero-order valence-electron chi connectivity index (χ0n) is 15.1. The van der Waals surface area contributed by atoms with Crippen molar-refractivity contribution < 1.29 is 9.90 Å². The molecule has 1 aliphatic rings. The Kier molecular flexibility index (Phi) is 3.52. The number of rotatable bonds is 2. The highest BCUT2D eigenvalue weighted by Crippen LogP contribution is 2.29. The summed E-state index contributed by atoms with van der Waals surface area (Å²) < 4.78 is 1.48. The van der Waals surface area contributed by atoms with Crippen LogP contribution in [0.2, 0.25) is 0 Å². The monoisotopic (exact) mass is 374 g/mol. The first-order valence-electron chi connectivity index (χ1n) is 9.14. The van der Waals surface area contributed by atoms with Gasteiger partial charge in [-0.3, -0.25) is 14.2 Å². The minimum atomic E-state index is -0.711. The van der Waals surface area contributed by atoms with E-state index < -0.39 is 12.1 Å². The number of nitrogens with one attached hydrogen (secondary N) is 2. The molecule has 3 heterocycles. The summed E-state index contributed by atoms with van der Waals surface area (Å²) in [5.74, 6) is 0.187. The van der Waals surface area contributed by atoms with Crippen molar-refractivity contribution in [1.82, 2.24) is 19.9 Å². The van der Waals surface area contributed by atoms with E-state index in [-0.39, 0.29) is 22.7 Å². The van der Waals surface area contributed by atoms with E-state index in [0.29, 0.717) is 17.6 Å². The van der Waals surface area contributed by atoms with Crippen molar-refractivity contribution in [3.63, 3.8) is 0 Å². The molecule has 7 nitrogen and oxygen atoms in total. The first kappa shape index (κ1) is 16.6. The Bertz CT molecular complexity index is 1300. The molecule has 3 N–H and O–H groups in total. The van der Waals surface area contributed by atoms with Gasteiger partial charge in [0.25, 0.3) is 5.56 Å². The minimum absolute atomic E-state index is 0.0460. The number of aromatic nitrogens is 3. The molecule has 0 bridgehead atoms. The lowest BCUT2D eigenvalue weighted by atomic mass is 10.0. The maximum Gasteiger partial charge on any atom is 0.262 e. The summed E-state index contributed by atoms with van der Waals surface area (Å²) in [6.45, 7) is 1.78. The highest BCUT2D eigenvalue weighted by Gasteiger charge is 2.34. The Morgan fingerprint density at radius 3 is 2.75 bits per heavy atom. The Morgan fingerprint density at radius 2 is 1.89 bits per heavy atom. The van der Waals surface area contributed by atoms with Crippen LogP contribution in [0.3, 0.4) is 0 Å². The fourth-order valence-electron chi connectivity index (χ4n) is 4.01. The molecule has 7 heteroatoms. The molecular formula is C21H18N4O3. The fourth-order valence-corrected chi connectivity index (χ4v) is 4.01. The van der Waals surface area contributed by atoms with E-state index in [9.17, 15) is 14.7 Å². The lowest BCUT2D eigenvalue weighted by molar-refractivity contribution is -0.126. The van der Waals surface area contributed by atoms with Crippen LogP contribution in [-0.2, 0) is 11.2 Å². The van der Waals surface area contributed by atoms with E-state index in [1.807, 2.05) is 30.5 Å². The van der Waals surface area contributed by atoms with Gasteiger partial charge in [0.2, 0.25) is 5.91 Å². The number of benzene rings is 2.